The highest BCUT2D eigenvalue weighted by molar-refractivity contribution is 7.22. The monoisotopic (exact) mass is 198 g/mol. The van der Waals surface area contributed by atoms with E-state index in [9.17, 15) is 4.39 Å². The van der Waals surface area contributed by atoms with Crippen LogP contribution in [0.15, 0.2) is 12.1 Å². The summed E-state index contributed by atoms with van der Waals surface area (Å²) in [5.74, 6) is -0.198. The van der Waals surface area contributed by atoms with Crippen LogP contribution in [0.5, 0.6) is 5.75 Å². The first-order valence-electron chi connectivity index (χ1n) is 3.60. The molecule has 2 rings (SSSR count). The molecule has 0 amide bonds. The van der Waals surface area contributed by atoms with E-state index in [0.717, 1.165) is 4.70 Å². The van der Waals surface area contributed by atoms with E-state index in [0.29, 0.717) is 10.6 Å². The maximum absolute atomic E-state index is 13.1. The van der Waals surface area contributed by atoms with Gasteiger partial charge in [-0.1, -0.05) is 11.3 Å². The second-order valence-corrected chi connectivity index (χ2v) is 3.57. The Morgan fingerprint density at radius 3 is 3.00 bits per heavy atom. The van der Waals surface area contributed by atoms with Gasteiger partial charge in [0.1, 0.15) is 0 Å². The van der Waals surface area contributed by atoms with Crippen LogP contribution in [0.3, 0.4) is 0 Å². The van der Waals surface area contributed by atoms with E-state index in [2.05, 4.69) is 4.98 Å². The zero-order valence-electron chi connectivity index (χ0n) is 6.87. The van der Waals surface area contributed by atoms with Crippen LogP contribution >= 0.6 is 11.3 Å². The van der Waals surface area contributed by atoms with E-state index in [1.807, 2.05) is 0 Å². The Balaban J connectivity index is 2.72. The van der Waals surface area contributed by atoms with Gasteiger partial charge in [-0.2, -0.15) is 0 Å². The summed E-state index contributed by atoms with van der Waals surface area (Å²) < 4.78 is 18.8. The van der Waals surface area contributed by atoms with Crippen molar-refractivity contribution in [2.75, 3.05) is 12.8 Å². The molecular formula is C8H7FN2OS. The SMILES string of the molecule is COc1cc2sc(N)nc2cc1F. The molecule has 1 heterocycles. The first-order chi connectivity index (χ1) is 6.20. The van der Waals surface area contributed by atoms with Crippen molar-refractivity contribution in [2.24, 2.45) is 0 Å². The van der Waals surface area contributed by atoms with Crippen LogP contribution in [0.4, 0.5) is 9.52 Å². The highest BCUT2D eigenvalue weighted by atomic mass is 32.1. The number of rotatable bonds is 1. The van der Waals surface area contributed by atoms with Crippen LogP contribution in [-0.2, 0) is 0 Å². The normalized spacial score (nSPS) is 10.6. The summed E-state index contributed by atoms with van der Waals surface area (Å²) in [7, 11) is 1.43. The number of thiazole rings is 1. The number of fused-ring (bicyclic) bond motifs is 1. The second-order valence-electron chi connectivity index (χ2n) is 2.51. The number of nitrogens with two attached hydrogens (primary N) is 1. The maximum Gasteiger partial charge on any atom is 0.181 e. The molecular weight excluding hydrogens is 191 g/mol. The molecule has 2 N–H and O–H groups in total. The molecule has 0 spiro atoms. The van der Waals surface area contributed by atoms with Gasteiger partial charge in [-0.25, -0.2) is 9.37 Å². The van der Waals surface area contributed by atoms with E-state index in [1.165, 1.54) is 24.5 Å². The van der Waals surface area contributed by atoms with Crippen molar-refractivity contribution in [3.8, 4) is 5.75 Å². The molecule has 2 aromatic rings. The average molecular weight is 198 g/mol. The summed E-state index contributed by atoms with van der Waals surface area (Å²) in [4.78, 5) is 3.95. The van der Waals surface area contributed by atoms with E-state index >= 15 is 0 Å². The third kappa shape index (κ3) is 1.31. The molecule has 0 aliphatic heterocycles. The summed E-state index contributed by atoms with van der Waals surface area (Å²) in [6.07, 6.45) is 0. The lowest BCUT2D eigenvalue weighted by molar-refractivity contribution is 0.387. The molecule has 0 unspecified atom stereocenters. The van der Waals surface area contributed by atoms with Gasteiger partial charge < -0.3 is 10.5 Å². The number of benzene rings is 1. The lowest BCUT2D eigenvalue weighted by Gasteiger charge is -1.99. The zero-order chi connectivity index (χ0) is 9.42. The second kappa shape index (κ2) is 2.85. The Morgan fingerprint density at radius 2 is 2.31 bits per heavy atom. The predicted molar refractivity (Wildman–Crippen MR) is 50.5 cm³/mol. The van der Waals surface area contributed by atoms with E-state index in [4.69, 9.17) is 10.5 Å². The van der Waals surface area contributed by atoms with Crippen molar-refractivity contribution >= 4 is 26.7 Å². The van der Waals surface area contributed by atoms with Crippen LogP contribution in [0.2, 0.25) is 0 Å². The fourth-order valence-corrected chi connectivity index (χ4v) is 1.85. The molecule has 0 fully saturated rings. The van der Waals surface area contributed by atoms with Gasteiger partial charge in [0, 0.05) is 12.1 Å². The number of nitrogen functional groups attached to an aromatic ring is 1. The van der Waals surface area contributed by atoms with Crippen molar-refractivity contribution < 1.29 is 9.13 Å². The Morgan fingerprint density at radius 1 is 1.54 bits per heavy atom. The van der Waals surface area contributed by atoms with Crippen molar-refractivity contribution in [1.29, 1.82) is 0 Å². The molecule has 13 heavy (non-hydrogen) atoms. The number of halogens is 1. The molecule has 0 bridgehead atoms. The molecule has 1 aromatic heterocycles. The summed E-state index contributed by atoms with van der Waals surface area (Å²) >= 11 is 1.31. The predicted octanol–water partition coefficient (Wildman–Crippen LogP) is 2.03. The van der Waals surface area contributed by atoms with Gasteiger partial charge in [-0.15, -0.1) is 0 Å². The molecule has 0 atom stereocenters. The number of aromatic nitrogens is 1. The van der Waals surface area contributed by atoms with Crippen molar-refractivity contribution in [3.05, 3.63) is 17.9 Å². The third-order valence-electron chi connectivity index (χ3n) is 1.68. The molecule has 0 aliphatic rings. The van der Waals surface area contributed by atoms with E-state index in [1.54, 1.807) is 6.07 Å². The van der Waals surface area contributed by atoms with Crippen LogP contribution in [0.25, 0.3) is 10.2 Å². The molecule has 0 saturated carbocycles. The van der Waals surface area contributed by atoms with Gasteiger partial charge >= 0.3 is 0 Å². The summed E-state index contributed by atoms with van der Waals surface area (Å²) in [6, 6.07) is 2.92. The van der Waals surface area contributed by atoms with Gasteiger partial charge in [0.15, 0.2) is 16.7 Å². The Bertz CT molecular complexity index is 455. The standard InChI is InChI=1S/C8H7FN2OS/c1-12-6-3-7-5(2-4(6)9)11-8(10)13-7/h2-3H,1H3,(H2,10,11). The minimum absolute atomic E-state index is 0.219. The van der Waals surface area contributed by atoms with Crippen molar-refractivity contribution in [2.45, 2.75) is 0 Å². The molecule has 68 valence electrons. The van der Waals surface area contributed by atoms with Gasteiger partial charge in [0.2, 0.25) is 0 Å². The van der Waals surface area contributed by atoms with Gasteiger partial charge in [0.25, 0.3) is 0 Å². The van der Waals surface area contributed by atoms with Crippen LogP contribution in [0, 0.1) is 5.82 Å². The Labute approximate surface area is 78.0 Å². The average Bonchev–Trinajstić information content (AvgIpc) is 2.42. The number of anilines is 1. The quantitative estimate of drug-likeness (QED) is 0.762. The molecule has 0 saturated heterocycles. The number of nitrogens with zero attached hydrogens (tertiary/aromatic N) is 1. The smallest absolute Gasteiger partial charge is 0.181 e. The number of hydrogen-bond acceptors (Lipinski definition) is 4. The number of hydrogen-bond donors (Lipinski definition) is 1. The van der Waals surface area contributed by atoms with Crippen LogP contribution in [0.1, 0.15) is 0 Å². The third-order valence-corrected chi connectivity index (χ3v) is 2.53. The topological polar surface area (TPSA) is 48.1 Å². The molecule has 0 radical (unpaired) electrons. The zero-order valence-corrected chi connectivity index (χ0v) is 7.69. The highest BCUT2D eigenvalue weighted by Crippen LogP contribution is 2.29. The summed E-state index contributed by atoms with van der Waals surface area (Å²) in [6.45, 7) is 0. The largest absolute Gasteiger partial charge is 0.494 e. The van der Waals surface area contributed by atoms with Crippen LogP contribution < -0.4 is 10.5 Å². The van der Waals surface area contributed by atoms with Crippen molar-refractivity contribution in [3.63, 3.8) is 0 Å². The van der Waals surface area contributed by atoms with Crippen molar-refractivity contribution in [1.82, 2.24) is 4.98 Å². The lowest BCUT2D eigenvalue weighted by Crippen LogP contribution is -1.87. The minimum Gasteiger partial charge on any atom is -0.494 e. The summed E-state index contributed by atoms with van der Waals surface area (Å²) in [5, 5.41) is 0.433. The summed E-state index contributed by atoms with van der Waals surface area (Å²) in [5.41, 5.74) is 6.05. The minimum atomic E-state index is -0.416. The first-order valence-corrected chi connectivity index (χ1v) is 4.42. The Hall–Kier alpha value is -1.36. The molecule has 1 aromatic carbocycles. The maximum atomic E-state index is 13.1. The van der Waals surface area contributed by atoms with Gasteiger partial charge in [-0.3, -0.25) is 0 Å². The molecule has 3 nitrogen and oxygen atoms in total. The highest BCUT2D eigenvalue weighted by Gasteiger charge is 2.07. The molecule has 5 heteroatoms. The lowest BCUT2D eigenvalue weighted by atomic mass is 10.3. The number of methoxy groups -OCH3 is 1. The van der Waals surface area contributed by atoms with Crippen LogP contribution in [-0.4, -0.2) is 12.1 Å². The molecule has 0 aliphatic carbocycles. The fraction of sp³-hybridized carbons (Fsp3) is 0.125. The van der Waals surface area contributed by atoms with E-state index in [-0.39, 0.29) is 5.75 Å². The first kappa shape index (κ1) is 8.25. The fourth-order valence-electron chi connectivity index (χ4n) is 1.10. The number of ether oxygens (including phenoxy) is 1. The van der Waals surface area contributed by atoms with Gasteiger partial charge in [0.05, 0.1) is 17.3 Å². The van der Waals surface area contributed by atoms with E-state index < -0.39 is 5.82 Å². The Kier molecular flexibility index (Phi) is 1.81. The van der Waals surface area contributed by atoms with Gasteiger partial charge in [-0.05, 0) is 0 Å².